The van der Waals surface area contributed by atoms with Crippen molar-refractivity contribution in [1.29, 1.82) is 0 Å². The van der Waals surface area contributed by atoms with Crippen LogP contribution in [0.4, 0.5) is 5.82 Å². The van der Waals surface area contributed by atoms with Gasteiger partial charge in [0, 0.05) is 18.3 Å². The molecule has 3 aromatic rings. The Bertz CT molecular complexity index is 643. The summed E-state index contributed by atoms with van der Waals surface area (Å²) in [6, 6.07) is 5.96. The van der Waals surface area contributed by atoms with Crippen LogP contribution >= 0.6 is 11.3 Å². The molecule has 0 spiro atoms. The standard InChI is InChI=1S/C13H12N4S/c14-13-11(2-1-4-16-13)12-6-15-9-17(12)7-10-3-5-18-8-10/h1-6,8-9H,7H2,(H2,14,16). The number of nitrogens with two attached hydrogens (primary N) is 1. The van der Waals surface area contributed by atoms with Crippen LogP contribution in [0.3, 0.4) is 0 Å². The number of hydrogen-bond acceptors (Lipinski definition) is 4. The monoisotopic (exact) mass is 256 g/mol. The first-order chi connectivity index (χ1) is 8.84. The van der Waals surface area contributed by atoms with E-state index in [0.717, 1.165) is 17.8 Å². The topological polar surface area (TPSA) is 56.7 Å². The average Bonchev–Trinajstić information content (AvgIpc) is 3.02. The molecule has 90 valence electrons. The van der Waals surface area contributed by atoms with Crippen LogP contribution in [0, 0.1) is 0 Å². The minimum atomic E-state index is 0.532. The fourth-order valence-electron chi connectivity index (χ4n) is 1.88. The summed E-state index contributed by atoms with van der Waals surface area (Å²) in [5.74, 6) is 0.532. The zero-order valence-corrected chi connectivity index (χ0v) is 10.5. The van der Waals surface area contributed by atoms with Crippen LogP contribution in [-0.4, -0.2) is 14.5 Å². The SMILES string of the molecule is Nc1ncccc1-c1cncn1Cc1ccsc1. The predicted octanol–water partition coefficient (Wildman–Crippen LogP) is 2.64. The first-order valence-corrected chi connectivity index (χ1v) is 6.51. The maximum Gasteiger partial charge on any atom is 0.132 e. The number of rotatable bonds is 3. The van der Waals surface area contributed by atoms with Crippen LogP contribution < -0.4 is 5.73 Å². The second-order valence-corrected chi connectivity index (χ2v) is 4.75. The lowest BCUT2D eigenvalue weighted by Gasteiger charge is -2.08. The molecule has 2 N–H and O–H groups in total. The first kappa shape index (κ1) is 11.0. The van der Waals surface area contributed by atoms with Crippen molar-refractivity contribution in [3.05, 3.63) is 53.2 Å². The molecule has 0 aliphatic heterocycles. The van der Waals surface area contributed by atoms with Crippen molar-refractivity contribution in [1.82, 2.24) is 14.5 Å². The Hall–Kier alpha value is -2.14. The van der Waals surface area contributed by atoms with E-state index in [9.17, 15) is 0 Å². The molecule has 3 heterocycles. The lowest BCUT2D eigenvalue weighted by molar-refractivity contribution is 0.807. The quantitative estimate of drug-likeness (QED) is 0.783. The normalized spacial score (nSPS) is 10.7. The minimum Gasteiger partial charge on any atom is -0.383 e. The molecule has 5 heteroatoms. The average molecular weight is 256 g/mol. The van der Waals surface area contributed by atoms with Crippen molar-refractivity contribution < 1.29 is 0 Å². The second kappa shape index (κ2) is 4.62. The predicted molar refractivity (Wildman–Crippen MR) is 73.3 cm³/mol. The summed E-state index contributed by atoms with van der Waals surface area (Å²) in [5.41, 5.74) is 9.08. The minimum absolute atomic E-state index is 0.532. The maximum atomic E-state index is 5.90. The molecular formula is C13H12N4S. The summed E-state index contributed by atoms with van der Waals surface area (Å²) < 4.78 is 2.08. The van der Waals surface area contributed by atoms with Gasteiger partial charge in [0.1, 0.15) is 5.82 Å². The van der Waals surface area contributed by atoms with Gasteiger partial charge in [0.05, 0.1) is 18.2 Å². The van der Waals surface area contributed by atoms with Crippen molar-refractivity contribution in [2.24, 2.45) is 0 Å². The molecule has 0 aliphatic carbocycles. The number of imidazole rings is 1. The zero-order valence-electron chi connectivity index (χ0n) is 9.65. The molecule has 0 atom stereocenters. The Morgan fingerprint density at radius 2 is 2.28 bits per heavy atom. The van der Waals surface area contributed by atoms with Crippen molar-refractivity contribution in [3.63, 3.8) is 0 Å². The fraction of sp³-hybridized carbons (Fsp3) is 0.0769. The Balaban J connectivity index is 1.99. The van der Waals surface area contributed by atoms with Gasteiger partial charge in [-0.05, 0) is 34.5 Å². The summed E-state index contributed by atoms with van der Waals surface area (Å²) in [6.07, 6.45) is 5.33. The number of pyridine rings is 1. The van der Waals surface area contributed by atoms with Gasteiger partial charge in [0.2, 0.25) is 0 Å². The van der Waals surface area contributed by atoms with Crippen LogP contribution in [0.15, 0.2) is 47.7 Å². The molecule has 0 aliphatic rings. The van der Waals surface area contributed by atoms with E-state index >= 15 is 0 Å². The Morgan fingerprint density at radius 1 is 1.33 bits per heavy atom. The lowest BCUT2D eigenvalue weighted by Crippen LogP contribution is -2.01. The third-order valence-electron chi connectivity index (χ3n) is 2.76. The van der Waals surface area contributed by atoms with E-state index in [1.807, 2.05) is 24.7 Å². The van der Waals surface area contributed by atoms with E-state index < -0.39 is 0 Å². The van der Waals surface area contributed by atoms with Crippen molar-refractivity contribution in [2.75, 3.05) is 5.73 Å². The van der Waals surface area contributed by atoms with Gasteiger partial charge >= 0.3 is 0 Å². The molecule has 0 saturated heterocycles. The second-order valence-electron chi connectivity index (χ2n) is 3.97. The number of hydrogen-bond donors (Lipinski definition) is 1. The maximum absolute atomic E-state index is 5.90. The Labute approximate surface area is 109 Å². The van der Waals surface area contributed by atoms with Gasteiger partial charge in [0.15, 0.2) is 0 Å². The summed E-state index contributed by atoms with van der Waals surface area (Å²) in [4.78, 5) is 8.32. The van der Waals surface area contributed by atoms with Gasteiger partial charge in [-0.1, -0.05) is 0 Å². The summed E-state index contributed by atoms with van der Waals surface area (Å²) in [7, 11) is 0. The third-order valence-corrected chi connectivity index (χ3v) is 3.49. The van der Waals surface area contributed by atoms with E-state index in [-0.39, 0.29) is 0 Å². The highest BCUT2D eigenvalue weighted by atomic mass is 32.1. The molecule has 3 aromatic heterocycles. The molecule has 3 rings (SSSR count). The van der Waals surface area contributed by atoms with Gasteiger partial charge in [-0.15, -0.1) is 0 Å². The molecule has 0 aromatic carbocycles. The van der Waals surface area contributed by atoms with Crippen molar-refractivity contribution in [2.45, 2.75) is 6.54 Å². The number of thiophene rings is 1. The van der Waals surface area contributed by atoms with Gasteiger partial charge in [-0.25, -0.2) is 9.97 Å². The summed E-state index contributed by atoms with van der Waals surface area (Å²) in [6.45, 7) is 0.799. The van der Waals surface area contributed by atoms with Crippen LogP contribution in [-0.2, 0) is 6.54 Å². The number of anilines is 1. The Morgan fingerprint density at radius 3 is 3.06 bits per heavy atom. The molecule has 0 bridgehead atoms. The molecule has 0 saturated carbocycles. The van der Waals surface area contributed by atoms with Gasteiger partial charge in [0.25, 0.3) is 0 Å². The molecular weight excluding hydrogens is 244 g/mol. The smallest absolute Gasteiger partial charge is 0.132 e. The fourth-order valence-corrected chi connectivity index (χ4v) is 2.54. The van der Waals surface area contributed by atoms with Crippen LogP contribution in [0.25, 0.3) is 11.3 Å². The molecule has 0 fully saturated rings. The number of nitrogen functional groups attached to an aromatic ring is 1. The first-order valence-electron chi connectivity index (χ1n) is 5.56. The van der Waals surface area contributed by atoms with Crippen molar-refractivity contribution >= 4 is 17.2 Å². The van der Waals surface area contributed by atoms with E-state index in [2.05, 4.69) is 31.4 Å². The van der Waals surface area contributed by atoms with Gasteiger partial charge < -0.3 is 10.3 Å². The summed E-state index contributed by atoms with van der Waals surface area (Å²) >= 11 is 1.70. The molecule has 0 amide bonds. The van der Waals surface area contributed by atoms with E-state index in [1.54, 1.807) is 17.5 Å². The number of aromatic nitrogens is 3. The van der Waals surface area contributed by atoms with E-state index in [1.165, 1.54) is 5.56 Å². The molecule has 0 unspecified atom stereocenters. The van der Waals surface area contributed by atoms with Gasteiger partial charge in [-0.2, -0.15) is 11.3 Å². The van der Waals surface area contributed by atoms with Crippen LogP contribution in [0.2, 0.25) is 0 Å². The number of nitrogens with zero attached hydrogens (tertiary/aromatic N) is 3. The largest absolute Gasteiger partial charge is 0.383 e. The van der Waals surface area contributed by atoms with E-state index in [4.69, 9.17) is 5.73 Å². The highest BCUT2D eigenvalue weighted by Crippen LogP contribution is 2.24. The van der Waals surface area contributed by atoms with Crippen LogP contribution in [0.1, 0.15) is 5.56 Å². The molecule has 0 radical (unpaired) electrons. The highest BCUT2D eigenvalue weighted by molar-refractivity contribution is 7.07. The summed E-state index contributed by atoms with van der Waals surface area (Å²) in [5, 5.41) is 4.21. The zero-order chi connectivity index (χ0) is 12.4. The Kier molecular flexibility index (Phi) is 2.82. The highest BCUT2D eigenvalue weighted by Gasteiger charge is 2.09. The van der Waals surface area contributed by atoms with Gasteiger partial charge in [-0.3, -0.25) is 0 Å². The molecule has 18 heavy (non-hydrogen) atoms. The third kappa shape index (κ3) is 2.00. The molecule has 4 nitrogen and oxygen atoms in total. The van der Waals surface area contributed by atoms with Crippen molar-refractivity contribution in [3.8, 4) is 11.3 Å². The lowest BCUT2D eigenvalue weighted by atomic mass is 10.2. The van der Waals surface area contributed by atoms with E-state index in [0.29, 0.717) is 5.82 Å². The van der Waals surface area contributed by atoms with Crippen LogP contribution in [0.5, 0.6) is 0 Å².